The third-order valence-corrected chi connectivity index (χ3v) is 8.54. The van der Waals surface area contributed by atoms with Gasteiger partial charge >= 0.3 is 12.2 Å². The van der Waals surface area contributed by atoms with Crippen molar-refractivity contribution in [3.63, 3.8) is 0 Å². The van der Waals surface area contributed by atoms with Crippen LogP contribution in [0.15, 0.2) is 18.2 Å². The van der Waals surface area contributed by atoms with E-state index in [1.807, 2.05) is 25.7 Å². The summed E-state index contributed by atoms with van der Waals surface area (Å²) in [6, 6.07) is 6.25. The average Bonchev–Trinajstić information content (AvgIpc) is 3.61. The molecule has 2 atom stereocenters. The first-order chi connectivity index (χ1) is 19.0. The van der Waals surface area contributed by atoms with Crippen LogP contribution in [0.1, 0.15) is 82.8 Å². The van der Waals surface area contributed by atoms with Crippen molar-refractivity contribution in [1.82, 2.24) is 19.8 Å². The Labute approximate surface area is 236 Å². The van der Waals surface area contributed by atoms with Crippen molar-refractivity contribution >= 4 is 12.2 Å². The average molecular weight is 551 g/mol. The lowest BCUT2D eigenvalue weighted by atomic mass is 9.83. The standard InChI is InChI=1S/C31H42N4O5/c1-19-6-9-23-24(15-19)39-31(10-12-34(13-11-31)28(36)38-18-21-7-8-21)26-25(23)32-27(33-26)22-14-20(2)16-35(17-22)29(37)40-30(3,4)5/h6,9,15,20-22H,7-8,10-14,16-18H2,1-5H3,(H,32,33). The largest absolute Gasteiger partial charge is 0.480 e. The molecule has 40 heavy (non-hydrogen) atoms. The molecule has 2 aromatic rings. The van der Waals surface area contributed by atoms with Crippen molar-refractivity contribution in [2.45, 2.75) is 83.8 Å². The van der Waals surface area contributed by atoms with E-state index in [1.165, 1.54) is 0 Å². The zero-order valence-corrected chi connectivity index (χ0v) is 24.4. The number of aryl methyl sites for hydroxylation is 1. The minimum absolute atomic E-state index is 0.0605. The number of H-pyrrole nitrogens is 1. The van der Waals surface area contributed by atoms with Crippen molar-refractivity contribution in [2.75, 3.05) is 32.8 Å². The molecule has 1 spiro atoms. The van der Waals surface area contributed by atoms with Gasteiger partial charge in [0.05, 0.1) is 18.0 Å². The van der Waals surface area contributed by atoms with Crippen molar-refractivity contribution in [1.29, 1.82) is 0 Å². The predicted octanol–water partition coefficient (Wildman–Crippen LogP) is 5.98. The third-order valence-electron chi connectivity index (χ3n) is 8.54. The normalized spacial score (nSPS) is 23.7. The fourth-order valence-electron chi connectivity index (χ4n) is 6.27. The molecular weight excluding hydrogens is 508 g/mol. The molecule has 2 amide bonds. The first-order valence-electron chi connectivity index (χ1n) is 14.8. The summed E-state index contributed by atoms with van der Waals surface area (Å²) in [7, 11) is 0. The summed E-state index contributed by atoms with van der Waals surface area (Å²) in [5, 5.41) is 0. The van der Waals surface area contributed by atoms with Gasteiger partial charge in [-0.05, 0) is 76.5 Å². The number of imidazole rings is 1. The topological polar surface area (TPSA) is 97.0 Å². The SMILES string of the molecule is Cc1ccc2c(c1)OC1(CCN(C(=O)OCC3CC3)CC1)c1[nH]c(C3CC(C)CN(C(=O)OC(C)(C)C)C3)nc1-2. The molecule has 216 valence electrons. The zero-order valence-electron chi connectivity index (χ0n) is 24.4. The predicted molar refractivity (Wildman–Crippen MR) is 150 cm³/mol. The second kappa shape index (κ2) is 10.00. The second-order valence-corrected chi connectivity index (χ2v) is 13.4. The van der Waals surface area contributed by atoms with Gasteiger partial charge in [0.25, 0.3) is 0 Å². The van der Waals surface area contributed by atoms with Gasteiger partial charge in [0.15, 0.2) is 5.60 Å². The van der Waals surface area contributed by atoms with Crippen molar-refractivity contribution < 1.29 is 23.8 Å². The summed E-state index contributed by atoms with van der Waals surface area (Å²) in [5.74, 6) is 2.64. The molecule has 9 nitrogen and oxygen atoms in total. The number of carbonyl (C=O) groups excluding carboxylic acids is 2. The zero-order chi connectivity index (χ0) is 28.2. The summed E-state index contributed by atoms with van der Waals surface area (Å²) in [5.41, 5.74) is 2.87. The van der Waals surface area contributed by atoms with E-state index >= 15 is 0 Å². The number of likely N-dealkylation sites (tertiary alicyclic amines) is 2. The van der Waals surface area contributed by atoms with E-state index in [0.717, 1.165) is 53.4 Å². The van der Waals surface area contributed by atoms with E-state index in [0.29, 0.717) is 57.5 Å². The van der Waals surface area contributed by atoms with Crippen LogP contribution in [-0.2, 0) is 15.1 Å². The number of aromatic nitrogens is 2. The highest BCUT2D eigenvalue weighted by molar-refractivity contribution is 5.74. The summed E-state index contributed by atoms with van der Waals surface area (Å²) in [4.78, 5) is 38.2. The molecule has 2 saturated heterocycles. The fraction of sp³-hybridized carbons (Fsp3) is 0.645. The number of rotatable bonds is 3. The van der Waals surface area contributed by atoms with Crippen LogP contribution in [0.3, 0.4) is 0 Å². The molecule has 1 N–H and O–H groups in total. The molecule has 3 fully saturated rings. The lowest BCUT2D eigenvalue weighted by Gasteiger charge is -2.43. The van der Waals surface area contributed by atoms with Crippen molar-refractivity contribution in [3.8, 4) is 17.0 Å². The highest BCUT2D eigenvalue weighted by Crippen LogP contribution is 2.49. The number of nitrogens with zero attached hydrogens (tertiary/aromatic N) is 3. The Morgan fingerprint density at radius 3 is 2.58 bits per heavy atom. The summed E-state index contributed by atoms with van der Waals surface area (Å²) in [6.07, 6.45) is 4.05. The van der Waals surface area contributed by atoms with Gasteiger partial charge in [-0.1, -0.05) is 13.0 Å². The molecule has 9 heteroatoms. The van der Waals surface area contributed by atoms with E-state index in [9.17, 15) is 9.59 Å². The number of aromatic amines is 1. The quantitative estimate of drug-likeness (QED) is 0.505. The second-order valence-electron chi connectivity index (χ2n) is 13.4. The van der Waals surface area contributed by atoms with E-state index in [-0.39, 0.29) is 18.1 Å². The van der Waals surface area contributed by atoms with Crippen LogP contribution in [-0.4, -0.2) is 70.3 Å². The van der Waals surface area contributed by atoms with Gasteiger partial charge in [-0.15, -0.1) is 0 Å². The van der Waals surface area contributed by atoms with Crippen LogP contribution >= 0.6 is 0 Å². The van der Waals surface area contributed by atoms with E-state index in [1.54, 1.807) is 4.90 Å². The maximum Gasteiger partial charge on any atom is 0.410 e. The molecular formula is C31H42N4O5. The number of hydrogen-bond acceptors (Lipinski definition) is 6. The van der Waals surface area contributed by atoms with Crippen LogP contribution in [0.25, 0.3) is 11.3 Å². The highest BCUT2D eigenvalue weighted by atomic mass is 16.6. The first-order valence-corrected chi connectivity index (χ1v) is 14.8. The van der Waals surface area contributed by atoms with Gasteiger partial charge in [0.2, 0.25) is 0 Å². The monoisotopic (exact) mass is 550 g/mol. The molecule has 4 aliphatic rings. The summed E-state index contributed by atoms with van der Waals surface area (Å²) in [6.45, 7) is 12.8. The van der Waals surface area contributed by atoms with Crippen LogP contribution < -0.4 is 4.74 Å². The molecule has 1 aromatic carbocycles. The summed E-state index contributed by atoms with van der Waals surface area (Å²) < 4.78 is 18.1. The number of fused-ring (bicyclic) bond motifs is 4. The molecule has 1 saturated carbocycles. The maximum absolute atomic E-state index is 13.0. The molecule has 2 unspecified atom stereocenters. The lowest BCUT2D eigenvalue weighted by Crippen LogP contribution is -2.49. The van der Waals surface area contributed by atoms with Gasteiger partial charge in [-0.2, -0.15) is 0 Å². The van der Waals surface area contributed by atoms with E-state index in [4.69, 9.17) is 19.2 Å². The van der Waals surface area contributed by atoms with Gasteiger partial charge in [-0.3, -0.25) is 0 Å². The number of benzene rings is 1. The summed E-state index contributed by atoms with van der Waals surface area (Å²) >= 11 is 0. The number of carbonyl (C=O) groups is 2. The first kappa shape index (κ1) is 27.0. The van der Waals surface area contributed by atoms with Gasteiger partial charge in [0.1, 0.15) is 17.2 Å². The van der Waals surface area contributed by atoms with Crippen LogP contribution in [0.5, 0.6) is 5.75 Å². The minimum atomic E-state index is -0.597. The number of hydrogen-bond donors (Lipinski definition) is 1. The van der Waals surface area contributed by atoms with E-state index in [2.05, 4.69) is 37.0 Å². The van der Waals surface area contributed by atoms with Gasteiger partial charge in [-0.25, -0.2) is 14.6 Å². The molecule has 1 aromatic heterocycles. The molecule has 3 aliphatic heterocycles. The van der Waals surface area contributed by atoms with Crippen LogP contribution in [0.4, 0.5) is 9.59 Å². The minimum Gasteiger partial charge on any atom is -0.480 e. The fourth-order valence-corrected chi connectivity index (χ4v) is 6.27. The van der Waals surface area contributed by atoms with Gasteiger partial charge < -0.3 is 29.0 Å². The Hall–Kier alpha value is -3.23. The smallest absolute Gasteiger partial charge is 0.410 e. The lowest BCUT2D eigenvalue weighted by molar-refractivity contribution is -0.00905. The Bertz CT molecular complexity index is 1290. The Morgan fingerprint density at radius 1 is 1.12 bits per heavy atom. The number of ether oxygens (including phenoxy) is 3. The Balaban J connectivity index is 1.27. The molecule has 6 rings (SSSR count). The van der Waals surface area contributed by atoms with Gasteiger partial charge in [0, 0.05) is 50.5 Å². The Morgan fingerprint density at radius 2 is 1.88 bits per heavy atom. The van der Waals surface area contributed by atoms with E-state index < -0.39 is 11.2 Å². The van der Waals surface area contributed by atoms with Crippen molar-refractivity contribution in [2.24, 2.45) is 11.8 Å². The van der Waals surface area contributed by atoms with Crippen molar-refractivity contribution in [3.05, 3.63) is 35.3 Å². The highest BCUT2D eigenvalue weighted by Gasteiger charge is 2.47. The van der Waals surface area contributed by atoms with Crippen LogP contribution in [0, 0.1) is 18.8 Å². The number of amides is 2. The maximum atomic E-state index is 13.0. The molecule has 0 radical (unpaired) electrons. The molecule has 4 heterocycles. The van der Waals surface area contributed by atoms with Crippen LogP contribution in [0.2, 0.25) is 0 Å². The Kier molecular flexibility index (Phi) is 6.74. The molecule has 0 bridgehead atoms. The number of piperidine rings is 2. The molecule has 1 aliphatic carbocycles. The third kappa shape index (κ3) is 5.39. The number of nitrogens with one attached hydrogen (secondary N) is 1.